The molecule has 0 spiro atoms. The lowest BCUT2D eigenvalue weighted by atomic mass is 10.1. The minimum absolute atomic E-state index is 0.928. The zero-order valence-electron chi connectivity index (χ0n) is 10.1. The number of halogens is 1. The Labute approximate surface area is 121 Å². The van der Waals surface area contributed by atoms with Gasteiger partial charge in [0, 0.05) is 33.6 Å². The summed E-state index contributed by atoms with van der Waals surface area (Å²) in [6.45, 7) is 2.03. The molecule has 2 aromatic rings. The topological polar surface area (TPSA) is 29.3 Å². The van der Waals surface area contributed by atoms with Gasteiger partial charge < -0.3 is 10.6 Å². The van der Waals surface area contributed by atoms with Crippen LogP contribution >= 0.6 is 22.6 Å². The standard InChI is InChI=1S/C15H15IN2/c16-12-6-4-11(5-7-12)10-18-9-8-13-14(17)2-1-3-15(13)18/h1-7H,8-10,17H2. The Hall–Kier alpha value is -1.23. The van der Waals surface area contributed by atoms with Crippen LogP contribution in [0.25, 0.3) is 0 Å². The van der Waals surface area contributed by atoms with Crippen molar-refractivity contribution in [2.75, 3.05) is 17.2 Å². The van der Waals surface area contributed by atoms with Crippen molar-refractivity contribution in [1.29, 1.82) is 0 Å². The van der Waals surface area contributed by atoms with Gasteiger partial charge in [-0.2, -0.15) is 0 Å². The van der Waals surface area contributed by atoms with Crippen LogP contribution in [0, 0.1) is 3.57 Å². The van der Waals surface area contributed by atoms with Gasteiger partial charge in [-0.1, -0.05) is 18.2 Å². The molecule has 18 heavy (non-hydrogen) atoms. The van der Waals surface area contributed by atoms with Crippen LogP contribution in [0.5, 0.6) is 0 Å². The maximum absolute atomic E-state index is 6.02. The van der Waals surface area contributed by atoms with Gasteiger partial charge in [-0.3, -0.25) is 0 Å². The summed E-state index contributed by atoms with van der Waals surface area (Å²) in [6.07, 6.45) is 1.06. The van der Waals surface area contributed by atoms with E-state index in [1.54, 1.807) is 0 Å². The summed E-state index contributed by atoms with van der Waals surface area (Å²) < 4.78 is 1.28. The predicted octanol–water partition coefficient (Wildman–Crippen LogP) is 3.44. The highest BCUT2D eigenvalue weighted by atomic mass is 127. The van der Waals surface area contributed by atoms with E-state index in [-0.39, 0.29) is 0 Å². The minimum Gasteiger partial charge on any atom is -0.398 e. The van der Waals surface area contributed by atoms with Gasteiger partial charge in [0.15, 0.2) is 0 Å². The maximum atomic E-state index is 6.02. The molecule has 92 valence electrons. The lowest BCUT2D eigenvalue weighted by molar-refractivity contribution is 0.836. The van der Waals surface area contributed by atoms with E-state index in [4.69, 9.17) is 5.73 Å². The van der Waals surface area contributed by atoms with Crippen LogP contribution in [0.15, 0.2) is 42.5 Å². The van der Waals surface area contributed by atoms with Gasteiger partial charge in [-0.25, -0.2) is 0 Å². The third-order valence-electron chi connectivity index (χ3n) is 3.45. The average Bonchev–Trinajstić information content (AvgIpc) is 2.77. The Bertz CT molecular complexity index is 563. The molecule has 0 fully saturated rings. The zero-order valence-corrected chi connectivity index (χ0v) is 12.2. The number of nitrogens with zero attached hydrogens (tertiary/aromatic N) is 1. The largest absolute Gasteiger partial charge is 0.398 e. The summed E-state index contributed by atoms with van der Waals surface area (Å²) in [5.74, 6) is 0. The Balaban J connectivity index is 1.85. The van der Waals surface area contributed by atoms with Crippen LogP contribution < -0.4 is 10.6 Å². The van der Waals surface area contributed by atoms with E-state index in [0.717, 1.165) is 25.2 Å². The fraction of sp³-hybridized carbons (Fsp3) is 0.200. The number of nitrogen functional groups attached to an aromatic ring is 1. The number of hydrogen-bond acceptors (Lipinski definition) is 2. The highest BCUT2D eigenvalue weighted by Crippen LogP contribution is 2.33. The fourth-order valence-corrected chi connectivity index (χ4v) is 2.86. The maximum Gasteiger partial charge on any atom is 0.0429 e. The van der Waals surface area contributed by atoms with Crippen molar-refractivity contribution in [2.45, 2.75) is 13.0 Å². The molecule has 0 saturated heterocycles. The Morgan fingerprint density at radius 1 is 1.11 bits per heavy atom. The van der Waals surface area contributed by atoms with Gasteiger partial charge in [0.25, 0.3) is 0 Å². The van der Waals surface area contributed by atoms with Gasteiger partial charge in [0.1, 0.15) is 0 Å². The lowest BCUT2D eigenvalue weighted by Gasteiger charge is -2.19. The van der Waals surface area contributed by atoms with E-state index in [9.17, 15) is 0 Å². The monoisotopic (exact) mass is 350 g/mol. The molecule has 0 aromatic heterocycles. The van der Waals surface area contributed by atoms with Crippen LogP contribution in [-0.4, -0.2) is 6.54 Å². The summed E-state index contributed by atoms with van der Waals surface area (Å²) >= 11 is 2.34. The second-order valence-corrected chi connectivity index (χ2v) is 5.89. The normalized spacial score (nSPS) is 13.7. The smallest absolute Gasteiger partial charge is 0.0429 e. The van der Waals surface area contributed by atoms with Crippen molar-refractivity contribution in [3.63, 3.8) is 0 Å². The fourth-order valence-electron chi connectivity index (χ4n) is 2.50. The molecule has 0 atom stereocenters. The van der Waals surface area contributed by atoms with Gasteiger partial charge in [0.2, 0.25) is 0 Å². The summed E-state index contributed by atoms with van der Waals surface area (Å²) in [6, 6.07) is 14.9. The number of anilines is 2. The molecule has 2 nitrogen and oxygen atoms in total. The molecule has 0 unspecified atom stereocenters. The number of fused-ring (bicyclic) bond motifs is 1. The summed E-state index contributed by atoms with van der Waals surface area (Å²) in [5.41, 5.74) is 10.9. The molecule has 3 heteroatoms. The highest BCUT2D eigenvalue weighted by molar-refractivity contribution is 14.1. The van der Waals surface area contributed by atoms with Gasteiger partial charge in [0.05, 0.1) is 0 Å². The molecular weight excluding hydrogens is 335 g/mol. The van der Waals surface area contributed by atoms with Crippen LogP contribution in [0.1, 0.15) is 11.1 Å². The van der Waals surface area contributed by atoms with E-state index < -0.39 is 0 Å². The molecule has 0 amide bonds. The molecule has 1 aliphatic heterocycles. The van der Waals surface area contributed by atoms with E-state index >= 15 is 0 Å². The lowest BCUT2D eigenvalue weighted by Crippen LogP contribution is -2.19. The molecule has 1 heterocycles. The van der Waals surface area contributed by atoms with E-state index in [0.29, 0.717) is 0 Å². The van der Waals surface area contributed by atoms with Crippen molar-refractivity contribution in [3.05, 3.63) is 57.2 Å². The number of nitrogens with two attached hydrogens (primary N) is 1. The number of rotatable bonds is 2. The molecule has 3 rings (SSSR count). The molecule has 0 radical (unpaired) electrons. The third kappa shape index (κ3) is 2.19. The molecule has 1 aliphatic rings. The van der Waals surface area contributed by atoms with Crippen LogP contribution in [-0.2, 0) is 13.0 Å². The number of benzene rings is 2. The molecular formula is C15H15IN2. The Kier molecular flexibility index (Phi) is 3.16. The summed E-state index contributed by atoms with van der Waals surface area (Å²) in [5, 5.41) is 0. The van der Waals surface area contributed by atoms with Gasteiger partial charge >= 0.3 is 0 Å². The molecule has 0 aliphatic carbocycles. The second kappa shape index (κ2) is 4.80. The van der Waals surface area contributed by atoms with Crippen molar-refractivity contribution < 1.29 is 0 Å². The first-order valence-electron chi connectivity index (χ1n) is 6.11. The first-order chi connectivity index (χ1) is 8.74. The first kappa shape index (κ1) is 11.8. The average molecular weight is 350 g/mol. The van der Waals surface area contributed by atoms with Crippen molar-refractivity contribution in [3.8, 4) is 0 Å². The first-order valence-corrected chi connectivity index (χ1v) is 7.18. The van der Waals surface area contributed by atoms with Crippen LogP contribution in [0.4, 0.5) is 11.4 Å². The minimum atomic E-state index is 0.928. The second-order valence-electron chi connectivity index (χ2n) is 4.64. The highest BCUT2D eigenvalue weighted by Gasteiger charge is 2.20. The molecule has 0 saturated carbocycles. The molecule has 2 aromatic carbocycles. The molecule has 2 N–H and O–H groups in total. The van der Waals surface area contributed by atoms with Crippen molar-refractivity contribution in [2.24, 2.45) is 0 Å². The summed E-state index contributed by atoms with van der Waals surface area (Å²) in [4.78, 5) is 2.41. The van der Waals surface area contributed by atoms with Crippen molar-refractivity contribution >= 4 is 34.0 Å². The van der Waals surface area contributed by atoms with Crippen LogP contribution in [0.2, 0.25) is 0 Å². The van der Waals surface area contributed by atoms with E-state index in [2.05, 4.69) is 57.8 Å². The van der Waals surface area contributed by atoms with E-state index in [1.165, 1.54) is 20.4 Å². The summed E-state index contributed by atoms with van der Waals surface area (Å²) in [7, 11) is 0. The van der Waals surface area contributed by atoms with E-state index in [1.807, 2.05) is 12.1 Å². The zero-order chi connectivity index (χ0) is 12.5. The number of hydrogen-bond donors (Lipinski definition) is 1. The Morgan fingerprint density at radius 3 is 2.67 bits per heavy atom. The Morgan fingerprint density at radius 2 is 1.89 bits per heavy atom. The van der Waals surface area contributed by atoms with Crippen molar-refractivity contribution in [1.82, 2.24) is 0 Å². The third-order valence-corrected chi connectivity index (χ3v) is 4.17. The molecule has 0 bridgehead atoms. The van der Waals surface area contributed by atoms with Crippen LogP contribution in [0.3, 0.4) is 0 Å². The predicted molar refractivity (Wildman–Crippen MR) is 84.8 cm³/mol. The quantitative estimate of drug-likeness (QED) is 0.664. The SMILES string of the molecule is Nc1cccc2c1CCN2Cc1ccc(I)cc1. The van der Waals surface area contributed by atoms with Gasteiger partial charge in [-0.05, 0) is 58.8 Å². The van der Waals surface area contributed by atoms with Gasteiger partial charge in [-0.15, -0.1) is 0 Å².